The molecule has 3 N–H and O–H groups in total. The smallest absolute Gasteiger partial charge is 0.252 e. The normalized spacial score (nSPS) is 9.70. The van der Waals surface area contributed by atoms with E-state index in [2.05, 4.69) is 33.1 Å². The summed E-state index contributed by atoms with van der Waals surface area (Å²) in [5.41, 5.74) is 6.63. The molecule has 5 heteroatoms. The van der Waals surface area contributed by atoms with E-state index in [1.54, 1.807) is 17.4 Å². The molecule has 20 heavy (non-hydrogen) atoms. The van der Waals surface area contributed by atoms with E-state index in [9.17, 15) is 4.79 Å². The molecule has 0 saturated carbocycles. The number of carbonyl (C=O) groups excluding carboxylic acids is 1. The molecular formula is C15H13BrN2OS. The van der Waals surface area contributed by atoms with Gasteiger partial charge in [-0.3, -0.25) is 4.79 Å². The summed E-state index contributed by atoms with van der Waals surface area (Å²) >= 11 is 5.04. The zero-order valence-electron chi connectivity index (χ0n) is 10.7. The van der Waals surface area contributed by atoms with Crippen molar-refractivity contribution >= 4 is 33.2 Å². The number of hydrogen-bond donors (Lipinski definition) is 2. The number of halogens is 1. The van der Waals surface area contributed by atoms with Crippen LogP contribution >= 0.6 is 27.3 Å². The van der Waals surface area contributed by atoms with Crippen molar-refractivity contribution in [3.8, 4) is 11.8 Å². The van der Waals surface area contributed by atoms with E-state index in [0.717, 1.165) is 9.35 Å². The molecule has 1 aromatic heterocycles. The van der Waals surface area contributed by atoms with E-state index in [1.807, 2.05) is 29.6 Å². The Balaban J connectivity index is 2.11. The summed E-state index contributed by atoms with van der Waals surface area (Å²) in [6.07, 6.45) is 0. The zero-order valence-corrected chi connectivity index (χ0v) is 13.1. The Kier molecular flexibility index (Phi) is 5.36. The molecular weight excluding hydrogens is 336 g/mol. The number of hydrogen-bond acceptors (Lipinski definition) is 3. The number of carbonyl (C=O) groups is 1. The molecule has 0 bridgehead atoms. The van der Waals surface area contributed by atoms with Gasteiger partial charge in [0.05, 0.1) is 18.7 Å². The molecule has 2 rings (SSSR count). The van der Waals surface area contributed by atoms with Gasteiger partial charge in [-0.2, -0.15) is 0 Å². The van der Waals surface area contributed by atoms with Crippen molar-refractivity contribution in [1.29, 1.82) is 0 Å². The average Bonchev–Trinajstić information content (AvgIpc) is 2.88. The lowest BCUT2D eigenvalue weighted by Gasteiger charge is -2.06. The van der Waals surface area contributed by atoms with Gasteiger partial charge in [-0.15, -0.1) is 11.3 Å². The molecule has 1 heterocycles. The van der Waals surface area contributed by atoms with Gasteiger partial charge in [0.2, 0.25) is 0 Å². The summed E-state index contributed by atoms with van der Waals surface area (Å²) in [5.74, 6) is 5.55. The quantitative estimate of drug-likeness (QED) is 0.838. The highest BCUT2D eigenvalue weighted by molar-refractivity contribution is 9.10. The number of nitrogens with two attached hydrogens (primary N) is 1. The summed E-state index contributed by atoms with van der Waals surface area (Å²) in [7, 11) is 0. The predicted molar refractivity (Wildman–Crippen MR) is 85.6 cm³/mol. The molecule has 0 fully saturated rings. The number of thiophene rings is 1. The molecule has 102 valence electrons. The summed E-state index contributed by atoms with van der Waals surface area (Å²) in [4.78, 5) is 13.3. The van der Waals surface area contributed by atoms with Crippen molar-refractivity contribution in [3.63, 3.8) is 0 Å². The van der Waals surface area contributed by atoms with Crippen LogP contribution in [-0.2, 0) is 6.54 Å². The minimum Gasteiger partial charge on any atom is -0.347 e. The van der Waals surface area contributed by atoms with Crippen molar-refractivity contribution < 1.29 is 4.79 Å². The van der Waals surface area contributed by atoms with Crippen LogP contribution in [0.25, 0.3) is 0 Å². The number of nitrogens with one attached hydrogen (secondary N) is 1. The third-order valence-corrected chi connectivity index (χ3v) is 4.52. The highest BCUT2D eigenvalue weighted by Crippen LogP contribution is 2.22. The molecule has 3 nitrogen and oxygen atoms in total. The highest BCUT2D eigenvalue weighted by atomic mass is 79.9. The molecule has 1 amide bonds. The molecule has 0 aliphatic heterocycles. The number of benzene rings is 1. The fraction of sp³-hybridized carbons (Fsp3) is 0.133. The van der Waals surface area contributed by atoms with Crippen LogP contribution in [0.4, 0.5) is 0 Å². The molecule has 0 saturated heterocycles. The maximum absolute atomic E-state index is 12.2. The van der Waals surface area contributed by atoms with Gasteiger partial charge in [-0.1, -0.05) is 24.0 Å². The Hall–Kier alpha value is -1.61. The topological polar surface area (TPSA) is 55.1 Å². The van der Waals surface area contributed by atoms with Gasteiger partial charge in [0.15, 0.2) is 0 Å². The van der Waals surface area contributed by atoms with Crippen molar-refractivity contribution in [1.82, 2.24) is 5.32 Å². The van der Waals surface area contributed by atoms with E-state index in [0.29, 0.717) is 17.7 Å². The lowest BCUT2D eigenvalue weighted by Crippen LogP contribution is -2.23. The third-order valence-electron chi connectivity index (χ3n) is 2.60. The minimum absolute atomic E-state index is 0.132. The zero-order chi connectivity index (χ0) is 14.4. The minimum atomic E-state index is -0.132. The Morgan fingerprint density at radius 2 is 2.15 bits per heavy atom. The van der Waals surface area contributed by atoms with Crippen molar-refractivity contribution in [3.05, 3.63) is 56.2 Å². The summed E-state index contributed by atoms with van der Waals surface area (Å²) in [6, 6.07) is 9.22. The number of amides is 1. The predicted octanol–water partition coefficient (Wildman–Crippen LogP) is 2.75. The maximum atomic E-state index is 12.2. The van der Waals surface area contributed by atoms with Crippen LogP contribution in [-0.4, -0.2) is 12.5 Å². The standard InChI is InChI=1S/C15H13BrN2OS/c16-13-7-9-20-14(13)10-18-15(19)12-6-2-1-4-11(12)5-3-8-17/h1-2,4,6-7,9H,8,10,17H2,(H,18,19). The number of rotatable bonds is 3. The second-order valence-electron chi connectivity index (χ2n) is 3.93. The summed E-state index contributed by atoms with van der Waals surface area (Å²) < 4.78 is 1.01. The van der Waals surface area contributed by atoms with E-state index >= 15 is 0 Å². The van der Waals surface area contributed by atoms with Crippen LogP contribution < -0.4 is 11.1 Å². The molecule has 0 aliphatic carbocycles. The fourth-order valence-corrected chi connectivity index (χ4v) is 3.08. The van der Waals surface area contributed by atoms with Gasteiger partial charge in [0, 0.05) is 14.9 Å². The van der Waals surface area contributed by atoms with Crippen molar-refractivity contribution in [2.75, 3.05) is 6.54 Å². The molecule has 2 aromatic rings. The van der Waals surface area contributed by atoms with Crippen LogP contribution in [0.5, 0.6) is 0 Å². The largest absolute Gasteiger partial charge is 0.347 e. The van der Waals surface area contributed by atoms with E-state index in [1.165, 1.54) is 0 Å². The van der Waals surface area contributed by atoms with Gasteiger partial charge in [-0.05, 0) is 39.5 Å². The lowest BCUT2D eigenvalue weighted by molar-refractivity contribution is 0.0951. The second-order valence-corrected chi connectivity index (χ2v) is 5.78. The van der Waals surface area contributed by atoms with E-state index < -0.39 is 0 Å². The van der Waals surface area contributed by atoms with Gasteiger partial charge in [0.25, 0.3) is 5.91 Å². The van der Waals surface area contributed by atoms with Crippen LogP contribution in [0.1, 0.15) is 20.8 Å². The van der Waals surface area contributed by atoms with Crippen molar-refractivity contribution in [2.45, 2.75) is 6.54 Å². The summed E-state index contributed by atoms with van der Waals surface area (Å²) in [6.45, 7) is 0.772. The summed E-state index contributed by atoms with van der Waals surface area (Å²) in [5, 5.41) is 4.88. The van der Waals surface area contributed by atoms with Gasteiger partial charge in [-0.25, -0.2) is 0 Å². The molecule has 0 radical (unpaired) electrons. The average molecular weight is 349 g/mol. The first kappa shape index (κ1) is 14.8. The SMILES string of the molecule is NCC#Cc1ccccc1C(=O)NCc1sccc1Br. The first-order chi connectivity index (χ1) is 9.72. The first-order valence-corrected chi connectivity index (χ1v) is 7.67. The molecule has 1 aromatic carbocycles. The van der Waals surface area contributed by atoms with Crippen LogP contribution in [0.2, 0.25) is 0 Å². The monoisotopic (exact) mass is 348 g/mol. The Morgan fingerprint density at radius 3 is 2.85 bits per heavy atom. The molecule has 0 spiro atoms. The van der Waals surface area contributed by atoms with E-state index in [4.69, 9.17) is 5.73 Å². The van der Waals surface area contributed by atoms with Gasteiger partial charge >= 0.3 is 0 Å². The van der Waals surface area contributed by atoms with Gasteiger partial charge < -0.3 is 11.1 Å². The Morgan fingerprint density at radius 1 is 1.35 bits per heavy atom. The van der Waals surface area contributed by atoms with Gasteiger partial charge in [0.1, 0.15) is 0 Å². The third kappa shape index (κ3) is 3.70. The highest BCUT2D eigenvalue weighted by Gasteiger charge is 2.10. The molecule has 0 unspecified atom stereocenters. The van der Waals surface area contributed by atoms with Crippen molar-refractivity contribution in [2.24, 2.45) is 5.73 Å². The lowest BCUT2D eigenvalue weighted by atomic mass is 10.1. The first-order valence-electron chi connectivity index (χ1n) is 6.00. The van der Waals surface area contributed by atoms with E-state index in [-0.39, 0.29) is 12.5 Å². The fourth-order valence-electron chi connectivity index (χ4n) is 1.64. The molecule has 0 aliphatic rings. The van der Waals surface area contributed by atoms with Crippen LogP contribution in [0, 0.1) is 11.8 Å². The maximum Gasteiger partial charge on any atom is 0.252 e. The molecule has 0 atom stereocenters. The van der Waals surface area contributed by atoms with Crippen LogP contribution in [0.15, 0.2) is 40.2 Å². The van der Waals surface area contributed by atoms with Crippen LogP contribution in [0.3, 0.4) is 0 Å². The second kappa shape index (κ2) is 7.25. The Labute approximate surface area is 130 Å². The Bertz CT molecular complexity index is 670.